The maximum absolute atomic E-state index is 12.2. The van der Waals surface area contributed by atoms with Crippen molar-refractivity contribution in [1.82, 2.24) is 4.90 Å². The van der Waals surface area contributed by atoms with Crippen molar-refractivity contribution in [3.05, 3.63) is 59.2 Å². The Kier molecular flexibility index (Phi) is 4.44. The third-order valence-corrected chi connectivity index (χ3v) is 4.46. The molecule has 5 heteroatoms. The Balaban J connectivity index is 1.83. The van der Waals surface area contributed by atoms with Crippen LogP contribution in [0.5, 0.6) is 11.5 Å². The number of methoxy groups -OCH3 is 2. The van der Waals surface area contributed by atoms with Crippen molar-refractivity contribution in [2.24, 2.45) is 5.73 Å². The number of amides is 1. The van der Waals surface area contributed by atoms with E-state index in [0.717, 1.165) is 11.1 Å². The third kappa shape index (κ3) is 2.83. The van der Waals surface area contributed by atoms with E-state index >= 15 is 0 Å². The molecule has 5 nitrogen and oxygen atoms in total. The molecule has 2 aromatic rings. The van der Waals surface area contributed by atoms with Crippen LogP contribution in [0.4, 0.5) is 0 Å². The number of ether oxygens (including phenoxy) is 2. The molecule has 2 atom stereocenters. The van der Waals surface area contributed by atoms with Crippen LogP contribution in [0, 0.1) is 6.92 Å². The molecule has 1 aliphatic rings. The molecule has 3 rings (SSSR count). The number of carbonyl (C=O) groups excluding carboxylic acids is 1. The number of rotatable bonds is 5. The van der Waals surface area contributed by atoms with Gasteiger partial charge in [0.25, 0.3) is 0 Å². The highest BCUT2D eigenvalue weighted by Crippen LogP contribution is 2.36. The van der Waals surface area contributed by atoms with Gasteiger partial charge in [-0.15, -0.1) is 0 Å². The molecule has 0 spiro atoms. The second-order valence-electron chi connectivity index (χ2n) is 6.04. The maximum Gasteiger partial charge on any atom is 0.242 e. The van der Waals surface area contributed by atoms with E-state index in [-0.39, 0.29) is 11.9 Å². The molecule has 0 saturated carbocycles. The summed E-state index contributed by atoms with van der Waals surface area (Å²) in [7, 11) is 3.20. The van der Waals surface area contributed by atoms with Gasteiger partial charge < -0.3 is 20.1 Å². The standard InChI is InChI=1S/C19H22N2O3/c1-12-4-7-14(8-5-12)18-17(20)19(22)21(18)11-13-6-9-15(23-2)16(10-13)24-3/h4-10,17-18H,11,20H2,1-3H3/t17-,18+/m0/s1. The lowest BCUT2D eigenvalue weighted by molar-refractivity contribution is -0.150. The summed E-state index contributed by atoms with van der Waals surface area (Å²) in [5.41, 5.74) is 9.27. The summed E-state index contributed by atoms with van der Waals surface area (Å²) in [6.45, 7) is 2.53. The first-order valence-corrected chi connectivity index (χ1v) is 7.88. The minimum absolute atomic E-state index is 0.0321. The molecule has 0 radical (unpaired) electrons. The number of β-lactam (4-membered cyclic amide) rings is 1. The highest BCUT2D eigenvalue weighted by Gasteiger charge is 2.45. The van der Waals surface area contributed by atoms with Crippen molar-refractivity contribution >= 4 is 5.91 Å². The summed E-state index contributed by atoms with van der Waals surface area (Å²) in [6.07, 6.45) is 0. The van der Waals surface area contributed by atoms with Gasteiger partial charge in [-0.1, -0.05) is 35.9 Å². The number of carbonyl (C=O) groups is 1. The van der Waals surface area contributed by atoms with E-state index in [1.807, 2.05) is 49.4 Å². The number of hydrogen-bond acceptors (Lipinski definition) is 4. The molecule has 0 aliphatic carbocycles. The number of nitrogens with two attached hydrogens (primary N) is 1. The molecule has 24 heavy (non-hydrogen) atoms. The zero-order chi connectivity index (χ0) is 17.3. The summed E-state index contributed by atoms with van der Waals surface area (Å²) in [4.78, 5) is 14.0. The molecule has 2 aromatic carbocycles. The topological polar surface area (TPSA) is 64.8 Å². The summed E-state index contributed by atoms with van der Waals surface area (Å²) >= 11 is 0. The van der Waals surface area contributed by atoms with Gasteiger partial charge in [-0.05, 0) is 30.2 Å². The van der Waals surface area contributed by atoms with Gasteiger partial charge in [-0.25, -0.2) is 0 Å². The molecule has 1 heterocycles. The smallest absolute Gasteiger partial charge is 0.242 e. The van der Waals surface area contributed by atoms with Crippen LogP contribution in [0.25, 0.3) is 0 Å². The Morgan fingerprint density at radius 2 is 1.71 bits per heavy atom. The van der Waals surface area contributed by atoms with E-state index in [1.54, 1.807) is 19.1 Å². The predicted molar refractivity (Wildman–Crippen MR) is 92.0 cm³/mol. The third-order valence-electron chi connectivity index (χ3n) is 4.46. The first-order valence-electron chi connectivity index (χ1n) is 7.88. The Morgan fingerprint density at radius 3 is 2.33 bits per heavy atom. The zero-order valence-electron chi connectivity index (χ0n) is 14.2. The number of nitrogens with zero attached hydrogens (tertiary/aromatic N) is 1. The predicted octanol–water partition coefficient (Wildman–Crippen LogP) is 2.42. The molecule has 0 unspecified atom stereocenters. The fraction of sp³-hybridized carbons (Fsp3) is 0.316. The average molecular weight is 326 g/mol. The van der Waals surface area contributed by atoms with Crippen LogP contribution in [0.1, 0.15) is 22.7 Å². The first kappa shape index (κ1) is 16.3. The maximum atomic E-state index is 12.2. The minimum atomic E-state index is -0.479. The molecule has 2 N–H and O–H groups in total. The van der Waals surface area contributed by atoms with Crippen LogP contribution in [0.15, 0.2) is 42.5 Å². The summed E-state index contributed by atoms with van der Waals surface area (Å²) in [5, 5.41) is 0. The van der Waals surface area contributed by atoms with Crippen molar-refractivity contribution in [2.75, 3.05) is 14.2 Å². The second-order valence-corrected chi connectivity index (χ2v) is 6.04. The van der Waals surface area contributed by atoms with Crippen molar-refractivity contribution in [3.8, 4) is 11.5 Å². The average Bonchev–Trinajstić information content (AvgIpc) is 2.62. The second kappa shape index (κ2) is 6.53. The van der Waals surface area contributed by atoms with Crippen molar-refractivity contribution < 1.29 is 14.3 Å². The largest absolute Gasteiger partial charge is 0.493 e. The van der Waals surface area contributed by atoms with Gasteiger partial charge in [-0.3, -0.25) is 4.79 Å². The Hall–Kier alpha value is -2.53. The fourth-order valence-electron chi connectivity index (χ4n) is 3.08. The van der Waals surface area contributed by atoms with E-state index in [4.69, 9.17) is 15.2 Å². The molecule has 0 aromatic heterocycles. The van der Waals surface area contributed by atoms with E-state index in [1.165, 1.54) is 5.56 Å². The monoisotopic (exact) mass is 326 g/mol. The van der Waals surface area contributed by atoms with Crippen LogP contribution in [0.3, 0.4) is 0 Å². The molecule has 0 bridgehead atoms. The van der Waals surface area contributed by atoms with Crippen LogP contribution in [0.2, 0.25) is 0 Å². The van der Waals surface area contributed by atoms with Gasteiger partial charge in [-0.2, -0.15) is 0 Å². The Bertz CT molecular complexity index is 743. The van der Waals surface area contributed by atoms with Crippen molar-refractivity contribution in [1.29, 1.82) is 0 Å². The van der Waals surface area contributed by atoms with Gasteiger partial charge >= 0.3 is 0 Å². The fourth-order valence-corrected chi connectivity index (χ4v) is 3.08. The van der Waals surface area contributed by atoms with E-state index in [9.17, 15) is 4.79 Å². The SMILES string of the molecule is COc1ccc(CN2C(=O)[C@@H](N)[C@H]2c2ccc(C)cc2)cc1OC. The van der Waals surface area contributed by atoms with Crippen LogP contribution < -0.4 is 15.2 Å². The molecule has 1 aliphatic heterocycles. The van der Waals surface area contributed by atoms with Crippen molar-refractivity contribution in [3.63, 3.8) is 0 Å². The molecule has 126 valence electrons. The van der Waals surface area contributed by atoms with Crippen LogP contribution in [-0.4, -0.2) is 31.1 Å². The van der Waals surface area contributed by atoms with E-state index in [0.29, 0.717) is 18.0 Å². The summed E-state index contributed by atoms with van der Waals surface area (Å²) < 4.78 is 10.6. The van der Waals surface area contributed by atoms with E-state index in [2.05, 4.69) is 0 Å². The number of hydrogen-bond donors (Lipinski definition) is 1. The quantitative estimate of drug-likeness (QED) is 0.857. The number of benzene rings is 2. The number of likely N-dealkylation sites (tertiary alicyclic amines) is 1. The molecule has 1 fully saturated rings. The highest BCUT2D eigenvalue weighted by atomic mass is 16.5. The Morgan fingerprint density at radius 1 is 1.04 bits per heavy atom. The lowest BCUT2D eigenvalue weighted by Crippen LogP contribution is -2.62. The van der Waals surface area contributed by atoms with Gasteiger partial charge in [0.15, 0.2) is 11.5 Å². The lowest BCUT2D eigenvalue weighted by atomic mass is 9.88. The molecule has 1 amide bonds. The normalized spacial score (nSPS) is 19.8. The van der Waals surface area contributed by atoms with Gasteiger partial charge in [0.2, 0.25) is 5.91 Å². The zero-order valence-corrected chi connectivity index (χ0v) is 14.2. The minimum Gasteiger partial charge on any atom is -0.493 e. The first-order chi connectivity index (χ1) is 11.5. The summed E-state index contributed by atoms with van der Waals surface area (Å²) in [5.74, 6) is 1.29. The van der Waals surface area contributed by atoms with Gasteiger partial charge in [0.1, 0.15) is 6.04 Å². The highest BCUT2D eigenvalue weighted by molar-refractivity contribution is 5.89. The summed E-state index contributed by atoms with van der Waals surface area (Å²) in [6, 6.07) is 13.3. The molecule has 1 saturated heterocycles. The van der Waals surface area contributed by atoms with Crippen LogP contribution >= 0.6 is 0 Å². The molecular formula is C19H22N2O3. The van der Waals surface area contributed by atoms with Gasteiger partial charge in [0, 0.05) is 6.54 Å². The lowest BCUT2D eigenvalue weighted by Gasteiger charge is -2.46. The number of aryl methyl sites for hydroxylation is 1. The van der Waals surface area contributed by atoms with Crippen LogP contribution in [-0.2, 0) is 11.3 Å². The van der Waals surface area contributed by atoms with E-state index < -0.39 is 6.04 Å². The van der Waals surface area contributed by atoms with Crippen molar-refractivity contribution in [2.45, 2.75) is 25.6 Å². The molecular weight excluding hydrogens is 304 g/mol. The Labute approximate surface area is 142 Å². The van der Waals surface area contributed by atoms with Gasteiger partial charge in [0.05, 0.1) is 20.3 Å².